The number of amides is 1. The van der Waals surface area contributed by atoms with Crippen LogP contribution in [0.4, 0.5) is 0 Å². The number of carbonyl (C=O) groups is 2. The van der Waals surface area contributed by atoms with Crippen molar-refractivity contribution in [3.8, 4) is 0 Å². The van der Waals surface area contributed by atoms with Gasteiger partial charge in [-0.05, 0) is 37.3 Å². The molecule has 1 aliphatic heterocycles. The molecule has 108 valence electrons. The smallest absolute Gasteiger partial charge is 0.338 e. The summed E-state index contributed by atoms with van der Waals surface area (Å²) >= 11 is 0. The number of likely N-dealkylation sites (tertiary alicyclic amines) is 1. The average molecular weight is 276 g/mol. The number of carboxylic acids is 1. The summed E-state index contributed by atoms with van der Waals surface area (Å²) in [7, 11) is 0. The maximum Gasteiger partial charge on any atom is 0.338 e. The van der Waals surface area contributed by atoms with Crippen LogP contribution in [0.15, 0.2) is 18.3 Å². The quantitative estimate of drug-likeness (QED) is 0.899. The fraction of sp³-hybridized carbons (Fsp3) is 0.533. The van der Waals surface area contributed by atoms with Gasteiger partial charge in [0.2, 0.25) is 0 Å². The van der Waals surface area contributed by atoms with Crippen molar-refractivity contribution in [2.45, 2.75) is 33.2 Å². The molecule has 1 aromatic heterocycles. The van der Waals surface area contributed by atoms with E-state index in [-0.39, 0.29) is 23.2 Å². The van der Waals surface area contributed by atoms with Crippen molar-refractivity contribution >= 4 is 11.9 Å². The fourth-order valence-corrected chi connectivity index (χ4v) is 2.87. The SMILES string of the molecule is CC1CC(C)C(C)N(C(=O)c2ncccc2C(=O)O)C1. The number of hydrogen-bond acceptors (Lipinski definition) is 3. The second kappa shape index (κ2) is 5.61. The molecule has 20 heavy (non-hydrogen) atoms. The fourth-order valence-electron chi connectivity index (χ4n) is 2.87. The molecule has 1 saturated heterocycles. The standard InChI is InChI=1S/C15H20N2O3/c1-9-7-10(2)11(3)17(8-9)14(18)13-12(15(19)20)5-4-6-16-13/h4-6,9-11H,7-8H2,1-3H3,(H,19,20). The number of carboxylic acid groups (broad SMARTS) is 1. The molecular weight excluding hydrogens is 256 g/mol. The Hall–Kier alpha value is -1.91. The van der Waals surface area contributed by atoms with Crippen molar-refractivity contribution in [2.75, 3.05) is 6.54 Å². The van der Waals surface area contributed by atoms with Crippen molar-refractivity contribution in [1.29, 1.82) is 0 Å². The number of rotatable bonds is 2. The molecular formula is C15H20N2O3. The molecule has 1 fully saturated rings. The van der Waals surface area contributed by atoms with Gasteiger partial charge in [0.25, 0.3) is 5.91 Å². The van der Waals surface area contributed by atoms with E-state index in [1.54, 1.807) is 4.90 Å². The lowest BCUT2D eigenvalue weighted by molar-refractivity contribution is 0.0443. The van der Waals surface area contributed by atoms with Gasteiger partial charge in [-0.2, -0.15) is 0 Å². The molecule has 1 amide bonds. The summed E-state index contributed by atoms with van der Waals surface area (Å²) in [6.07, 6.45) is 2.54. The van der Waals surface area contributed by atoms with E-state index in [4.69, 9.17) is 0 Å². The Bertz CT molecular complexity index is 530. The molecule has 2 heterocycles. The van der Waals surface area contributed by atoms with E-state index in [1.807, 2.05) is 6.92 Å². The third-order valence-electron chi connectivity index (χ3n) is 4.10. The molecule has 1 aliphatic rings. The second-order valence-corrected chi connectivity index (χ2v) is 5.72. The molecule has 5 nitrogen and oxygen atoms in total. The number of pyridine rings is 1. The van der Waals surface area contributed by atoms with E-state index in [0.717, 1.165) is 6.42 Å². The van der Waals surface area contributed by atoms with Gasteiger partial charge in [0.05, 0.1) is 5.56 Å². The summed E-state index contributed by atoms with van der Waals surface area (Å²) in [5, 5.41) is 9.17. The summed E-state index contributed by atoms with van der Waals surface area (Å²) < 4.78 is 0. The zero-order valence-corrected chi connectivity index (χ0v) is 12.0. The highest BCUT2D eigenvalue weighted by molar-refractivity contribution is 6.03. The van der Waals surface area contributed by atoms with Crippen LogP contribution in [0.5, 0.6) is 0 Å². The Morgan fingerprint density at radius 1 is 1.35 bits per heavy atom. The number of carbonyl (C=O) groups excluding carboxylic acids is 1. The normalized spacial score (nSPS) is 26.4. The van der Waals surface area contributed by atoms with Gasteiger partial charge < -0.3 is 10.0 Å². The van der Waals surface area contributed by atoms with Crippen LogP contribution < -0.4 is 0 Å². The third-order valence-corrected chi connectivity index (χ3v) is 4.10. The maximum atomic E-state index is 12.6. The van der Waals surface area contributed by atoms with Crippen LogP contribution >= 0.6 is 0 Å². The Balaban J connectivity index is 2.33. The minimum atomic E-state index is -1.12. The molecule has 5 heteroatoms. The second-order valence-electron chi connectivity index (χ2n) is 5.72. The predicted octanol–water partition coefficient (Wildman–Crippen LogP) is 2.29. The predicted molar refractivity (Wildman–Crippen MR) is 74.6 cm³/mol. The number of nitrogens with zero attached hydrogens (tertiary/aromatic N) is 2. The molecule has 0 aromatic carbocycles. The average Bonchev–Trinajstić information content (AvgIpc) is 2.42. The summed E-state index contributed by atoms with van der Waals surface area (Å²) in [4.78, 5) is 29.6. The van der Waals surface area contributed by atoms with Crippen LogP contribution in [0.1, 0.15) is 48.0 Å². The molecule has 0 saturated carbocycles. The molecule has 1 N–H and O–H groups in total. The molecule has 2 rings (SSSR count). The third kappa shape index (κ3) is 2.66. The Labute approximate surface area is 118 Å². The minimum absolute atomic E-state index is 0.0319. The van der Waals surface area contributed by atoms with Crippen molar-refractivity contribution in [3.05, 3.63) is 29.6 Å². The van der Waals surface area contributed by atoms with Gasteiger partial charge in [0, 0.05) is 18.8 Å². The Kier molecular flexibility index (Phi) is 4.06. The van der Waals surface area contributed by atoms with E-state index in [2.05, 4.69) is 18.8 Å². The molecule has 0 spiro atoms. The van der Waals surface area contributed by atoms with Crippen LogP contribution in [0, 0.1) is 11.8 Å². The zero-order valence-electron chi connectivity index (χ0n) is 12.0. The Morgan fingerprint density at radius 3 is 2.70 bits per heavy atom. The first-order valence-electron chi connectivity index (χ1n) is 6.91. The first-order chi connectivity index (χ1) is 9.41. The molecule has 3 unspecified atom stereocenters. The van der Waals surface area contributed by atoms with E-state index >= 15 is 0 Å². The van der Waals surface area contributed by atoms with Crippen molar-refractivity contribution in [3.63, 3.8) is 0 Å². The van der Waals surface area contributed by atoms with Gasteiger partial charge in [-0.15, -0.1) is 0 Å². The van der Waals surface area contributed by atoms with Crippen molar-refractivity contribution < 1.29 is 14.7 Å². The zero-order chi connectivity index (χ0) is 14.9. The van der Waals surface area contributed by atoms with Crippen LogP contribution in [0.25, 0.3) is 0 Å². The molecule has 1 aromatic rings. The molecule has 3 atom stereocenters. The highest BCUT2D eigenvalue weighted by Gasteiger charge is 2.34. The summed E-state index contributed by atoms with van der Waals surface area (Å²) in [6, 6.07) is 3.05. The lowest BCUT2D eigenvalue weighted by Crippen LogP contribution is -2.49. The molecule has 0 radical (unpaired) electrons. The van der Waals surface area contributed by atoms with Crippen molar-refractivity contribution in [2.24, 2.45) is 11.8 Å². The lowest BCUT2D eigenvalue weighted by atomic mass is 9.85. The van der Waals surface area contributed by atoms with Gasteiger partial charge in [-0.25, -0.2) is 4.79 Å². The van der Waals surface area contributed by atoms with E-state index in [0.29, 0.717) is 18.4 Å². The molecule has 0 aliphatic carbocycles. The van der Waals surface area contributed by atoms with Gasteiger partial charge >= 0.3 is 5.97 Å². The van der Waals surface area contributed by atoms with Gasteiger partial charge in [0.15, 0.2) is 0 Å². The number of aromatic nitrogens is 1. The van der Waals surface area contributed by atoms with E-state index in [9.17, 15) is 14.7 Å². The number of hydrogen-bond donors (Lipinski definition) is 1. The maximum absolute atomic E-state index is 12.6. The van der Waals surface area contributed by atoms with Gasteiger partial charge in [0.1, 0.15) is 5.69 Å². The van der Waals surface area contributed by atoms with E-state index < -0.39 is 5.97 Å². The highest BCUT2D eigenvalue weighted by atomic mass is 16.4. The summed E-state index contributed by atoms with van der Waals surface area (Å²) in [5.74, 6) is -0.581. The summed E-state index contributed by atoms with van der Waals surface area (Å²) in [6.45, 7) is 6.90. The first kappa shape index (κ1) is 14.5. The molecule has 0 bridgehead atoms. The number of aromatic carboxylic acids is 1. The van der Waals surface area contributed by atoms with Crippen LogP contribution in [0.2, 0.25) is 0 Å². The highest BCUT2D eigenvalue weighted by Crippen LogP contribution is 2.28. The van der Waals surface area contributed by atoms with Gasteiger partial charge in [-0.3, -0.25) is 9.78 Å². The van der Waals surface area contributed by atoms with Crippen LogP contribution in [-0.2, 0) is 0 Å². The summed E-state index contributed by atoms with van der Waals surface area (Å²) in [5.41, 5.74) is 0.00345. The minimum Gasteiger partial charge on any atom is -0.478 e. The number of piperidine rings is 1. The van der Waals surface area contributed by atoms with Crippen LogP contribution in [0.3, 0.4) is 0 Å². The largest absolute Gasteiger partial charge is 0.478 e. The Morgan fingerprint density at radius 2 is 2.05 bits per heavy atom. The lowest BCUT2D eigenvalue weighted by Gasteiger charge is -2.41. The first-order valence-corrected chi connectivity index (χ1v) is 6.91. The van der Waals surface area contributed by atoms with Crippen LogP contribution in [-0.4, -0.2) is 39.5 Å². The monoisotopic (exact) mass is 276 g/mol. The van der Waals surface area contributed by atoms with Gasteiger partial charge in [-0.1, -0.05) is 13.8 Å². The van der Waals surface area contributed by atoms with Crippen molar-refractivity contribution in [1.82, 2.24) is 9.88 Å². The van der Waals surface area contributed by atoms with E-state index in [1.165, 1.54) is 18.3 Å². The topological polar surface area (TPSA) is 70.5 Å².